The quantitative estimate of drug-likeness (QED) is 0.612. The minimum Gasteiger partial charge on any atom is -0.481 e. The van der Waals surface area contributed by atoms with E-state index in [0.717, 1.165) is 0 Å². The molecule has 0 aliphatic carbocycles. The first kappa shape index (κ1) is 11.9. The zero-order valence-corrected chi connectivity index (χ0v) is 8.20. The van der Waals surface area contributed by atoms with Crippen molar-refractivity contribution in [1.29, 1.82) is 0 Å². The highest BCUT2D eigenvalue weighted by Gasteiger charge is 2.19. The Kier molecular flexibility index (Phi) is 5.06. The van der Waals surface area contributed by atoms with E-state index in [4.69, 9.17) is 5.11 Å². The number of hydrogen-bond donors (Lipinski definition) is 2. The summed E-state index contributed by atoms with van der Waals surface area (Å²) in [4.78, 5) is 23.2. The number of carboxylic acid groups (broad SMARTS) is 1. The summed E-state index contributed by atoms with van der Waals surface area (Å²) in [5.41, 5.74) is 0. The van der Waals surface area contributed by atoms with Gasteiger partial charge in [0.2, 0.25) is 5.91 Å². The van der Waals surface area contributed by atoms with Crippen molar-refractivity contribution in [2.75, 3.05) is 21.1 Å². The molecule has 0 aromatic rings. The van der Waals surface area contributed by atoms with Gasteiger partial charge in [-0.1, -0.05) is 0 Å². The van der Waals surface area contributed by atoms with Crippen LogP contribution in [0, 0.1) is 0 Å². The maximum absolute atomic E-state index is 11.2. The van der Waals surface area contributed by atoms with E-state index in [-0.39, 0.29) is 18.4 Å². The van der Waals surface area contributed by atoms with Crippen LogP contribution in [0.1, 0.15) is 12.8 Å². The highest BCUT2D eigenvalue weighted by molar-refractivity contribution is 5.82. The summed E-state index contributed by atoms with van der Waals surface area (Å²) in [7, 11) is 5.04. The molecule has 1 unspecified atom stereocenters. The van der Waals surface area contributed by atoms with Crippen molar-refractivity contribution in [2.24, 2.45) is 0 Å². The molecule has 1 atom stereocenters. The third-order valence-electron chi connectivity index (χ3n) is 1.80. The topological polar surface area (TPSA) is 69.6 Å². The van der Waals surface area contributed by atoms with Crippen molar-refractivity contribution in [3.05, 3.63) is 0 Å². The molecule has 0 saturated carbocycles. The average molecular weight is 188 g/mol. The van der Waals surface area contributed by atoms with Crippen LogP contribution in [0.15, 0.2) is 0 Å². The molecule has 0 aromatic carbocycles. The van der Waals surface area contributed by atoms with Gasteiger partial charge in [-0.05, 0) is 20.5 Å². The van der Waals surface area contributed by atoms with Gasteiger partial charge in [-0.25, -0.2) is 0 Å². The van der Waals surface area contributed by atoms with Gasteiger partial charge >= 0.3 is 5.97 Å². The van der Waals surface area contributed by atoms with Crippen LogP contribution in [0.5, 0.6) is 0 Å². The number of carbonyl (C=O) groups excluding carboxylic acids is 1. The van der Waals surface area contributed by atoms with Crippen molar-refractivity contribution < 1.29 is 14.7 Å². The lowest BCUT2D eigenvalue weighted by Gasteiger charge is -2.21. The lowest BCUT2D eigenvalue weighted by atomic mass is 10.1. The van der Waals surface area contributed by atoms with Crippen LogP contribution < -0.4 is 5.32 Å². The molecule has 0 heterocycles. The summed E-state index contributed by atoms with van der Waals surface area (Å²) < 4.78 is 0. The molecule has 0 bridgehead atoms. The summed E-state index contributed by atoms with van der Waals surface area (Å²) in [6, 6.07) is -0.360. The first-order chi connectivity index (χ1) is 5.99. The van der Waals surface area contributed by atoms with E-state index in [1.165, 1.54) is 0 Å². The van der Waals surface area contributed by atoms with Crippen LogP contribution in [-0.2, 0) is 9.59 Å². The molecule has 0 aliphatic heterocycles. The summed E-state index contributed by atoms with van der Waals surface area (Å²) in [5.74, 6) is -1.03. The highest BCUT2D eigenvalue weighted by atomic mass is 16.4. The van der Waals surface area contributed by atoms with Gasteiger partial charge in [0.05, 0.1) is 6.04 Å². The smallest absolute Gasteiger partial charge is 0.303 e. The number of nitrogens with one attached hydrogen (secondary N) is 1. The maximum atomic E-state index is 11.2. The third kappa shape index (κ3) is 4.47. The van der Waals surface area contributed by atoms with Gasteiger partial charge in [-0.15, -0.1) is 0 Å². The fourth-order valence-corrected chi connectivity index (χ4v) is 1.05. The zero-order valence-electron chi connectivity index (χ0n) is 8.20. The van der Waals surface area contributed by atoms with Crippen molar-refractivity contribution in [1.82, 2.24) is 10.2 Å². The van der Waals surface area contributed by atoms with Crippen molar-refractivity contribution in [2.45, 2.75) is 18.9 Å². The van der Waals surface area contributed by atoms with Crippen LogP contribution >= 0.6 is 0 Å². The second kappa shape index (κ2) is 5.53. The van der Waals surface area contributed by atoms with E-state index in [0.29, 0.717) is 6.42 Å². The standard InChI is InChI=1S/C8H16N2O3/c1-9-8(13)6(10(2)3)4-5-7(11)12/h6H,4-5H2,1-3H3,(H,9,13)(H,11,12). The van der Waals surface area contributed by atoms with Gasteiger partial charge in [0.25, 0.3) is 0 Å². The second-order valence-electron chi connectivity index (χ2n) is 3.03. The Labute approximate surface area is 77.7 Å². The minimum atomic E-state index is -0.879. The molecular formula is C8H16N2O3. The van der Waals surface area contributed by atoms with Gasteiger partial charge < -0.3 is 10.4 Å². The molecule has 0 aliphatic rings. The Balaban J connectivity index is 4.10. The fraction of sp³-hybridized carbons (Fsp3) is 0.750. The number of aliphatic carboxylic acids is 1. The molecule has 5 heteroatoms. The first-order valence-electron chi connectivity index (χ1n) is 4.08. The van der Waals surface area contributed by atoms with E-state index in [1.807, 2.05) is 0 Å². The maximum Gasteiger partial charge on any atom is 0.303 e. The van der Waals surface area contributed by atoms with E-state index >= 15 is 0 Å². The first-order valence-corrected chi connectivity index (χ1v) is 4.08. The molecule has 0 saturated heterocycles. The van der Waals surface area contributed by atoms with E-state index in [9.17, 15) is 9.59 Å². The molecule has 5 nitrogen and oxygen atoms in total. The summed E-state index contributed by atoms with van der Waals surface area (Å²) in [5, 5.41) is 10.9. The molecule has 1 amide bonds. The molecule has 0 fully saturated rings. The summed E-state index contributed by atoms with van der Waals surface area (Å²) in [6.07, 6.45) is 0.346. The lowest BCUT2D eigenvalue weighted by Crippen LogP contribution is -2.42. The lowest BCUT2D eigenvalue weighted by molar-refractivity contribution is -0.137. The van der Waals surface area contributed by atoms with E-state index in [2.05, 4.69) is 5.32 Å². The number of hydrogen-bond acceptors (Lipinski definition) is 3. The number of carbonyl (C=O) groups is 2. The molecule has 2 N–H and O–H groups in total. The Morgan fingerprint density at radius 3 is 2.31 bits per heavy atom. The molecule has 0 aromatic heterocycles. The SMILES string of the molecule is CNC(=O)C(CCC(=O)O)N(C)C. The van der Waals surface area contributed by atoms with Gasteiger partial charge in [-0.2, -0.15) is 0 Å². The predicted octanol–water partition coefficient (Wildman–Crippen LogP) is -0.473. The van der Waals surface area contributed by atoms with E-state index in [1.54, 1.807) is 26.0 Å². The monoisotopic (exact) mass is 188 g/mol. The molecule has 0 radical (unpaired) electrons. The molecule has 0 spiro atoms. The summed E-state index contributed by atoms with van der Waals surface area (Å²) >= 11 is 0. The largest absolute Gasteiger partial charge is 0.481 e. The van der Waals surface area contributed by atoms with Crippen LogP contribution in [0.4, 0.5) is 0 Å². The van der Waals surface area contributed by atoms with Crippen LogP contribution in [0.3, 0.4) is 0 Å². The number of amides is 1. The Morgan fingerprint density at radius 2 is 2.00 bits per heavy atom. The Morgan fingerprint density at radius 1 is 1.46 bits per heavy atom. The third-order valence-corrected chi connectivity index (χ3v) is 1.80. The number of carboxylic acids is 1. The molecular weight excluding hydrogens is 172 g/mol. The number of rotatable bonds is 5. The fourth-order valence-electron chi connectivity index (χ4n) is 1.05. The molecule has 76 valence electrons. The van der Waals surface area contributed by atoms with Gasteiger partial charge in [0, 0.05) is 13.5 Å². The Hall–Kier alpha value is -1.10. The number of nitrogens with zero attached hydrogens (tertiary/aromatic N) is 1. The van der Waals surface area contributed by atoms with Gasteiger partial charge in [0.1, 0.15) is 0 Å². The van der Waals surface area contributed by atoms with Gasteiger partial charge in [0.15, 0.2) is 0 Å². The molecule has 0 rings (SSSR count). The average Bonchev–Trinajstić information content (AvgIpc) is 2.03. The summed E-state index contributed by atoms with van der Waals surface area (Å²) in [6.45, 7) is 0. The second-order valence-corrected chi connectivity index (χ2v) is 3.03. The van der Waals surface area contributed by atoms with Crippen LogP contribution in [0.25, 0.3) is 0 Å². The Bertz CT molecular complexity index is 192. The van der Waals surface area contributed by atoms with Gasteiger partial charge in [-0.3, -0.25) is 14.5 Å². The van der Waals surface area contributed by atoms with Crippen molar-refractivity contribution in [3.63, 3.8) is 0 Å². The molecule has 13 heavy (non-hydrogen) atoms. The number of likely N-dealkylation sites (N-methyl/N-ethyl adjacent to an activating group) is 2. The van der Waals surface area contributed by atoms with Crippen molar-refractivity contribution in [3.8, 4) is 0 Å². The predicted molar refractivity (Wildman–Crippen MR) is 48.4 cm³/mol. The van der Waals surface area contributed by atoms with Crippen molar-refractivity contribution >= 4 is 11.9 Å². The highest BCUT2D eigenvalue weighted by Crippen LogP contribution is 2.03. The zero-order chi connectivity index (χ0) is 10.4. The van der Waals surface area contributed by atoms with Crippen LogP contribution in [0.2, 0.25) is 0 Å². The normalized spacial score (nSPS) is 12.6. The van der Waals surface area contributed by atoms with E-state index < -0.39 is 5.97 Å². The minimum absolute atomic E-state index is 0.0102. The van der Waals surface area contributed by atoms with Crippen LogP contribution in [-0.4, -0.2) is 49.1 Å².